The first-order valence-corrected chi connectivity index (χ1v) is 9.32. The SMILES string of the molecule is COC(=O)c1ccccc1NC(=O)CCN1C(=O)C(C)(C)Oc2ccc(C)cc21. The number of amides is 2. The van der Waals surface area contributed by atoms with Crippen LogP contribution in [0.25, 0.3) is 0 Å². The summed E-state index contributed by atoms with van der Waals surface area (Å²) in [5, 5.41) is 2.73. The van der Waals surface area contributed by atoms with Gasteiger partial charge in [0.15, 0.2) is 5.60 Å². The van der Waals surface area contributed by atoms with Crippen LogP contribution in [0.3, 0.4) is 0 Å². The number of methoxy groups -OCH3 is 1. The number of ether oxygens (including phenoxy) is 2. The number of nitrogens with one attached hydrogen (secondary N) is 1. The Bertz CT molecular complexity index is 967. The molecule has 3 rings (SSSR count). The van der Waals surface area contributed by atoms with E-state index < -0.39 is 11.6 Å². The molecule has 7 heteroatoms. The number of fused-ring (bicyclic) bond motifs is 1. The molecular weight excluding hydrogens is 372 g/mol. The predicted octanol–water partition coefficient (Wildman–Crippen LogP) is 3.31. The lowest BCUT2D eigenvalue weighted by Gasteiger charge is -2.38. The summed E-state index contributed by atoms with van der Waals surface area (Å²) >= 11 is 0. The summed E-state index contributed by atoms with van der Waals surface area (Å²) in [6, 6.07) is 12.2. The van der Waals surface area contributed by atoms with Crippen molar-refractivity contribution in [2.24, 2.45) is 0 Å². The molecule has 152 valence electrons. The van der Waals surface area contributed by atoms with Gasteiger partial charge in [-0.15, -0.1) is 0 Å². The molecule has 1 aliphatic rings. The minimum atomic E-state index is -1.02. The van der Waals surface area contributed by atoms with Crippen LogP contribution in [0.2, 0.25) is 0 Å². The average Bonchev–Trinajstić information content (AvgIpc) is 2.68. The van der Waals surface area contributed by atoms with Crippen molar-refractivity contribution in [3.63, 3.8) is 0 Å². The van der Waals surface area contributed by atoms with Crippen molar-refractivity contribution < 1.29 is 23.9 Å². The summed E-state index contributed by atoms with van der Waals surface area (Å²) in [6.07, 6.45) is 0.0602. The lowest BCUT2D eigenvalue weighted by molar-refractivity contribution is -0.132. The zero-order valence-corrected chi connectivity index (χ0v) is 16.9. The average molecular weight is 396 g/mol. The first-order valence-electron chi connectivity index (χ1n) is 9.32. The number of para-hydroxylation sites is 1. The van der Waals surface area contributed by atoms with E-state index in [0.29, 0.717) is 17.1 Å². The molecule has 1 N–H and O–H groups in total. The fourth-order valence-corrected chi connectivity index (χ4v) is 3.21. The van der Waals surface area contributed by atoms with Gasteiger partial charge in [0.05, 0.1) is 24.0 Å². The molecule has 0 unspecified atom stereocenters. The highest BCUT2D eigenvalue weighted by molar-refractivity contribution is 6.04. The Morgan fingerprint density at radius 1 is 1.17 bits per heavy atom. The molecule has 0 fully saturated rings. The van der Waals surface area contributed by atoms with E-state index in [1.54, 1.807) is 43.0 Å². The van der Waals surface area contributed by atoms with Gasteiger partial charge in [-0.25, -0.2) is 4.79 Å². The highest BCUT2D eigenvalue weighted by Gasteiger charge is 2.40. The number of aryl methyl sites for hydroxylation is 1. The van der Waals surface area contributed by atoms with Gasteiger partial charge in [0.1, 0.15) is 5.75 Å². The Labute approximate surface area is 169 Å². The zero-order chi connectivity index (χ0) is 21.2. The molecule has 1 aliphatic heterocycles. The van der Waals surface area contributed by atoms with Crippen LogP contribution in [-0.4, -0.2) is 37.0 Å². The van der Waals surface area contributed by atoms with Gasteiger partial charge < -0.3 is 19.7 Å². The highest BCUT2D eigenvalue weighted by atomic mass is 16.5. The van der Waals surface area contributed by atoms with Crippen molar-refractivity contribution in [1.29, 1.82) is 0 Å². The molecule has 2 aromatic carbocycles. The van der Waals surface area contributed by atoms with Gasteiger partial charge in [-0.3, -0.25) is 9.59 Å². The van der Waals surface area contributed by atoms with Crippen molar-refractivity contribution >= 4 is 29.2 Å². The van der Waals surface area contributed by atoms with Crippen molar-refractivity contribution in [2.75, 3.05) is 23.9 Å². The minimum Gasteiger partial charge on any atom is -0.476 e. The number of esters is 1. The number of benzene rings is 2. The number of hydrogen-bond donors (Lipinski definition) is 1. The Morgan fingerprint density at radius 2 is 1.90 bits per heavy atom. The maximum atomic E-state index is 12.9. The van der Waals surface area contributed by atoms with Crippen LogP contribution < -0.4 is 15.0 Å². The van der Waals surface area contributed by atoms with Crippen LogP contribution >= 0.6 is 0 Å². The standard InChI is InChI=1S/C22H24N2O5/c1-14-9-10-18-17(13-14)24(21(27)22(2,3)29-18)12-11-19(25)23-16-8-6-5-7-15(16)20(26)28-4/h5-10,13H,11-12H2,1-4H3,(H,23,25). The monoisotopic (exact) mass is 396 g/mol. The molecule has 2 amide bonds. The molecule has 7 nitrogen and oxygen atoms in total. The van der Waals surface area contributed by atoms with Gasteiger partial charge in [-0.1, -0.05) is 18.2 Å². The van der Waals surface area contributed by atoms with E-state index in [1.807, 2.05) is 25.1 Å². The van der Waals surface area contributed by atoms with Crippen LogP contribution in [0.4, 0.5) is 11.4 Å². The van der Waals surface area contributed by atoms with E-state index in [1.165, 1.54) is 7.11 Å². The number of rotatable bonds is 5. The fourth-order valence-electron chi connectivity index (χ4n) is 3.21. The largest absolute Gasteiger partial charge is 0.476 e. The molecule has 0 aliphatic carbocycles. The van der Waals surface area contributed by atoms with E-state index in [9.17, 15) is 14.4 Å². The second-order valence-electron chi connectivity index (χ2n) is 7.38. The second-order valence-corrected chi connectivity index (χ2v) is 7.38. The van der Waals surface area contributed by atoms with Gasteiger partial charge in [-0.2, -0.15) is 0 Å². The predicted molar refractivity (Wildman–Crippen MR) is 109 cm³/mol. The summed E-state index contributed by atoms with van der Waals surface area (Å²) in [6.45, 7) is 5.53. The maximum Gasteiger partial charge on any atom is 0.339 e. The summed E-state index contributed by atoms with van der Waals surface area (Å²) in [7, 11) is 1.28. The summed E-state index contributed by atoms with van der Waals surface area (Å²) < 4.78 is 10.6. The first-order chi connectivity index (χ1) is 13.7. The molecule has 0 bridgehead atoms. The quantitative estimate of drug-likeness (QED) is 0.784. The topological polar surface area (TPSA) is 84.9 Å². The number of hydrogen-bond acceptors (Lipinski definition) is 5. The molecule has 0 atom stereocenters. The zero-order valence-electron chi connectivity index (χ0n) is 16.9. The van der Waals surface area contributed by atoms with Gasteiger partial charge in [-0.05, 0) is 50.6 Å². The fraction of sp³-hybridized carbons (Fsp3) is 0.318. The Hall–Kier alpha value is -3.35. The van der Waals surface area contributed by atoms with Crippen molar-refractivity contribution in [1.82, 2.24) is 0 Å². The minimum absolute atomic E-state index is 0.0602. The molecule has 2 aromatic rings. The Morgan fingerprint density at radius 3 is 2.62 bits per heavy atom. The molecule has 1 heterocycles. The lowest BCUT2D eigenvalue weighted by atomic mass is 10.0. The molecule has 0 aromatic heterocycles. The summed E-state index contributed by atoms with van der Waals surface area (Å²) in [5.74, 6) is -0.446. The van der Waals surface area contributed by atoms with E-state index in [0.717, 1.165) is 5.56 Å². The van der Waals surface area contributed by atoms with E-state index in [-0.39, 0.29) is 30.3 Å². The maximum absolute atomic E-state index is 12.9. The van der Waals surface area contributed by atoms with Gasteiger partial charge in [0.25, 0.3) is 5.91 Å². The van der Waals surface area contributed by atoms with Gasteiger partial charge in [0, 0.05) is 13.0 Å². The van der Waals surface area contributed by atoms with Crippen molar-refractivity contribution in [3.05, 3.63) is 53.6 Å². The number of anilines is 2. The molecule has 0 spiro atoms. The number of carbonyl (C=O) groups is 3. The molecule has 0 saturated heterocycles. The third kappa shape index (κ3) is 4.23. The lowest BCUT2D eigenvalue weighted by Crippen LogP contribution is -2.53. The third-order valence-electron chi connectivity index (χ3n) is 4.70. The Balaban J connectivity index is 1.76. The molecule has 0 radical (unpaired) electrons. The summed E-state index contributed by atoms with van der Waals surface area (Å²) in [4.78, 5) is 38.9. The van der Waals surface area contributed by atoms with Crippen LogP contribution in [0.5, 0.6) is 5.75 Å². The normalized spacial score (nSPS) is 14.6. The van der Waals surface area contributed by atoms with Gasteiger partial charge in [0.2, 0.25) is 5.91 Å². The second kappa shape index (κ2) is 7.95. The first kappa shape index (κ1) is 20.4. The number of carbonyl (C=O) groups excluding carboxylic acids is 3. The van der Waals surface area contributed by atoms with E-state index >= 15 is 0 Å². The molecule has 0 saturated carbocycles. The molecule has 29 heavy (non-hydrogen) atoms. The smallest absolute Gasteiger partial charge is 0.339 e. The Kier molecular flexibility index (Phi) is 5.59. The van der Waals surface area contributed by atoms with E-state index in [4.69, 9.17) is 9.47 Å². The van der Waals surface area contributed by atoms with Crippen LogP contribution in [0.1, 0.15) is 36.2 Å². The summed E-state index contributed by atoms with van der Waals surface area (Å²) in [5.41, 5.74) is 1.26. The van der Waals surface area contributed by atoms with Gasteiger partial charge >= 0.3 is 5.97 Å². The number of nitrogens with zero attached hydrogens (tertiary/aromatic N) is 1. The highest BCUT2D eigenvalue weighted by Crippen LogP contribution is 2.38. The molecular formula is C22H24N2O5. The van der Waals surface area contributed by atoms with Crippen LogP contribution in [-0.2, 0) is 14.3 Å². The van der Waals surface area contributed by atoms with Crippen LogP contribution in [0, 0.1) is 6.92 Å². The van der Waals surface area contributed by atoms with Crippen molar-refractivity contribution in [2.45, 2.75) is 32.8 Å². The van der Waals surface area contributed by atoms with E-state index in [2.05, 4.69) is 5.32 Å². The third-order valence-corrected chi connectivity index (χ3v) is 4.70. The van der Waals surface area contributed by atoms with Crippen LogP contribution in [0.15, 0.2) is 42.5 Å². The van der Waals surface area contributed by atoms with Crippen molar-refractivity contribution in [3.8, 4) is 5.75 Å².